The summed E-state index contributed by atoms with van der Waals surface area (Å²) in [6.45, 7) is 6.31. The zero-order valence-electron chi connectivity index (χ0n) is 37.2. The molecule has 6 nitrogen and oxygen atoms in total. The Hall–Kier alpha value is -2.70. The Kier molecular flexibility index (Phi) is 42.3. The minimum atomic E-state index is -0.798. The monoisotopic (exact) mass is 796 g/mol. The van der Waals surface area contributed by atoms with E-state index in [1.54, 1.807) is 0 Å². The van der Waals surface area contributed by atoms with Gasteiger partial charge < -0.3 is 20.3 Å². The summed E-state index contributed by atoms with van der Waals surface area (Å²) in [7, 11) is 0. The number of nitrogens with one attached hydrogen (secondary N) is 1. The number of aliphatic hydroxyl groups excluding tert-OH is 2. The lowest BCUT2D eigenvalue weighted by Gasteiger charge is -2.24. The van der Waals surface area contributed by atoms with Gasteiger partial charge in [-0.2, -0.15) is 0 Å². The molecule has 0 saturated heterocycles. The highest BCUT2D eigenvalue weighted by molar-refractivity contribution is 5.77. The Morgan fingerprint density at radius 1 is 0.526 bits per heavy atom. The maximum atomic E-state index is 13.1. The summed E-state index contributed by atoms with van der Waals surface area (Å²) in [6.07, 6.45) is 55.4. The van der Waals surface area contributed by atoms with Crippen LogP contribution in [0.2, 0.25) is 0 Å². The second-order valence-corrected chi connectivity index (χ2v) is 15.8. The molecule has 0 bridgehead atoms. The number of esters is 1. The first-order valence-corrected chi connectivity index (χ1v) is 23.7. The van der Waals surface area contributed by atoms with Gasteiger partial charge in [-0.1, -0.05) is 209 Å². The molecule has 0 fully saturated rings. The molecule has 0 rings (SSSR count). The Balaban J connectivity index is 4.65. The normalized spacial score (nSPS) is 14.0. The van der Waals surface area contributed by atoms with E-state index in [0.717, 1.165) is 77.0 Å². The van der Waals surface area contributed by atoms with E-state index in [9.17, 15) is 19.8 Å². The van der Waals surface area contributed by atoms with Crippen molar-refractivity contribution < 1.29 is 24.5 Å². The molecule has 57 heavy (non-hydrogen) atoms. The van der Waals surface area contributed by atoms with E-state index in [1.165, 1.54) is 83.5 Å². The third kappa shape index (κ3) is 39.9. The lowest BCUT2D eigenvalue weighted by molar-refractivity contribution is -0.150. The second-order valence-electron chi connectivity index (χ2n) is 15.8. The molecule has 328 valence electrons. The van der Waals surface area contributed by atoms with Gasteiger partial charge in [0.2, 0.25) is 5.91 Å². The number of ether oxygens (including phenoxy) is 1. The van der Waals surface area contributed by atoms with Crippen molar-refractivity contribution in [2.75, 3.05) is 6.61 Å². The molecule has 3 N–H and O–H groups in total. The van der Waals surface area contributed by atoms with E-state index in [4.69, 9.17) is 4.74 Å². The average molecular weight is 796 g/mol. The number of hydrogen-bond donors (Lipinski definition) is 3. The van der Waals surface area contributed by atoms with Crippen LogP contribution in [0.5, 0.6) is 0 Å². The zero-order valence-corrected chi connectivity index (χ0v) is 37.2. The fourth-order valence-electron chi connectivity index (χ4n) is 6.75. The fraction of sp³-hybridized carbons (Fsp3) is 0.725. The maximum Gasteiger partial charge on any atom is 0.306 e. The number of unbranched alkanes of at least 4 members (excludes halogenated alkanes) is 17. The first kappa shape index (κ1) is 54.3. The van der Waals surface area contributed by atoms with Gasteiger partial charge in [-0.25, -0.2) is 0 Å². The molecule has 0 saturated carbocycles. The van der Waals surface area contributed by atoms with Crippen LogP contribution in [-0.4, -0.2) is 46.9 Å². The molecule has 0 radical (unpaired) electrons. The van der Waals surface area contributed by atoms with E-state index in [-0.39, 0.29) is 31.3 Å². The van der Waals surface area contributed by atoms with Crippen LogP contribution in [-0.2, 0) is 14.3 Å². The zero-order chi connectivity index (χ0) is 41.7. The molecule has 0 aliphatic heterocycles. The van der Waals surface area contributed by atoms with Crippen LogP contribution in [0, 0.1) is 0 Å². The van der Waals surface area contributed by atoms with E-state index in [0.29, 0.717) is 19.3 Å². The summed E-state index contributed by atoms with van der Waals surface area (Å²) in [6, 6.07) is -0.715. The number of carbonyl (C=O) groups excluding carboxylic acids is 2. The largest absolute Gasteiger partial charge is 0.462 e. The highest BCUT2D eigenvalue weighted by Gasteiger charge is 2.24. The van der Waals surface area contributed by atoms with Gasteiger partial charge in [-0.05, 0) is 64.2 Å². The van der Waals surface area contributed by atoms with Crippen LogP contribution in [0.25, 0.3) is 0 Å². The van der Waals surface area contributed by atoms with E-state index in [1.807, 2.05) is 6.08 Å². The summed E-state index contributed by atoms with van der Waals surface area (Å²) in [5.74, 6) is -0.578. The van der Waals surface area contributed by atoms with Gasteiger partial charge >= 0.3 is 5.97 Å². The van der Waals surface area contributed by atoms with E-state index < -0.39 is 18.2 Å². The third-order valence-electron chi connectivity index (χ3n) is 10.3. The smallest absolute Gasteiger partial charge is 0.306 e. The lowest BCUT2D eigenvalue weighted by atomic mass is 10.0. The molecule has 0 aromatic heterocycles. The van der Waals surface area contributed by atoms with Crippen molar-refractivity contribution in [3.63, 3.8) is 0 Å². The standard InChI is InChI=1S/C51H89NO5/c1-4-7-10-13-16-19-21-22-23-24-25-26-27-28-29-32-35-38-41-44-51(56)57-47(42-39-36-33-31-20-17-14-11-8-5-2)45-50(55)52-48(46-53)49(54)43-40-37-34-30-18-15-12-9-6-3/h7,10,16,19,22-23,25-26,28-29,35,38,47-49,53-54H,4-6,8-9,11-15,17-18,20-21,24,27,30-34,36-37,39-46H2,1-3H3,(H,52,55)/b10-7-,19-16-,23-22-,26-25-,29-28-,38-35-. The molecular weight excluding hydrogens is 707 g/mol. The number of rotatable bonds is 41. The molecular formula is C51H89NO5. The number of carbonyl (C=O) groups is 2. The number of aliphatic hydroxyl groups is 2. The predicted octanol–water partition coefficient (Wildman–Crippen LogP) is 13.8. The summed E-state index contributed by atoms with van der Waals surface area (Å²) >= 11 is 0. The first-order valence-electron chi connectivity index (χ1n) is 23.7. The molecule has 1 amide bonds. The minimum absolute atomic E-state index is 0.0460. The highest BCUT2D eigenvalue weighted by atomic mass is 16.5. The quantitative estimate of drug-likeness (QED) is 0.0325. The van der Waals surface area contributed by atoms with Gasteiger partial charge in [-0.15, -0.1) is 0 Å². The summed E-state index contributed by atoms with van der Waals surface area (Å²) in [5.41, 5.74) is 0. The fourth-order valence-corrected chi connectivity index (χ4v) is 6.75. The van der Waals surface area contributed by atoms with Gasteiger partial charge in [0.05, 0.1) is 25.2 Å². The summed E-state index contributed by atoms with van der Waals surface area (Å²) in [5, 5.41) is 23.6. The molecule has 3 atom stereocenters. The van der Waals surface area contributed by atoms with Gasteiger partial charge in [-0.3, -0.25) is 9.59 Å². The van der Waals surface area contributed by atoms with Crippen molar-refractivity contribution in [1.29, 1.82) is 0 Å². The summed E-state index contributed by atoms with van der Waals surface area (Å²) in [4.78, 5) is 25.9. The molecule has 0 aromatic carbocycles. The van der Waals surface area contributed by atoms with Crippen LogP contribution in [0.1, 0.15) is 213 Å². The number of hydrogen-bond acceptors (Lipinski definition) is 5. The van der Waals surface area contributed by atoms with Crippen molar-refractivity contribution in [3.05, 3.63) is 72.9 Å². The van der Waals surface area contributed by atoms with Crippen LogP contribution in [0.4, 0.5) is 0 Å². The van der Waals surface area contributed by atoms with Crippen molar-refractivity contribution in [2.24, 2.45) is 0 Å². The van der Waals surface area contributed by atoms with E-state index in [2.05, 4.69) is 92.9 Å². The third-order valence-corrected chi connectivity index (χ3v) is 10.3. The Morgan fingerprint density at radius 3 is 1.33 bits per heavy atom. The molecule has 0 heterocycles. The lowest BCUT2D eigenvalue weighted by Crippen LogP contribution is -2.46. The average Bonchev–Trinajstić information content (AvgIpc) is 3.20. The molecule has 0 aliphatic carbocycles. The Bertz CT molecular complexity index is 1070. The SMILES string of the molecule is CC/C=C\C/C=C\C/C=C\C/C=C\C/C=C\C/C=C\CCC(=O)OC(CCCCCCCCCCCC)CC(=O)NC(CO)C(O)CCCCCCCCCCC. The van der Waals surface area contributed by atoms with Crippen LogP contribution in [0.15, 0.2) is 72.9 Å². The summed E-state index contributed by atoms with van der Waals surface area (Å²) < 4.78 is 5.86. The molecule has 3 unspecified atom stereocenters. The van der Waals surface area contributed by atoms with E-state index >= 15 is 0 Å². The van der Waals surface area contributed by atoms with Gasteiger partial charge in [0.1, 0.15) is 6.10 Å². The minimum Gasteiger partial charge on any atom is -0.462 e. The Labute approximate surface area is 351 Å². The van der Waals surface area contributed by atoms with Gasteiger partial charge in [0, 0.05) is 6.42 Å². The Morgan fingerprint density at radius 2 is 0.912 bits per heavy atom. The van der Waals surface area contributed by atoms with Crippen molar-refractivity contribution >= 4 is 11.9 Å². The maximum absolute atomic E-state index is 13.1. The van der Waals surface area contributed by atoms with Crippen molar-refractivity contribution in [1.82, 2.24) is 5.32 Å². The highest BCUT2D eigenvalue weighted by Crippen LogP contribution is 2.17. The predicted molar refractivity (Wildman–Crippen MR) is 245 cm³/mol. The molecule has 0 spiro atoms. The van der Waals surface area contributed by atoms with Crippen LogP contribution >= 0.6 is 0 Å². The van der Waals surface area contributed by atoms with Crippen molar-refractivity contribution in [2.45, 2.75) is 232 Å². The molecule has 0 aromatic rings. The first-order chi connectivity index (χ1) is 28.0. The van der Waals surface area contributed by atoms with Crippen molar-refractivity contribution in [3.8, 4) is 0 Å². The second kappa shape index (κ2) is 44.4. The van der Waals surface area contributed by atoms with Crippen LogP contribution in [0.3, 0.4) is 0 Å². The van der Waals surface area contributed by atoms with Gasteiger partial charge in [0.25, 0.3) is 0 Å². The number of amides is 1. The van der Waals surface area contributed by atoms with Gasteiger partial charge in [0.15, 0.2) is 0 Å². The number of allylic oxidation sites excluding steroid dienone is 12. The topological polar surface area (TPSA) is 95.9 Å². The molecule has 6 heteroatoms. The molecule has 0 aliphatic rings. The van der Waals surface area contributed by atoms with Crippen LogP contribution < -0.4 is 5.32 Å².